The third-order valence-electron chi connectivity index (χ3n) is 5.41. The minimum Gasteiger partial charge on any atom is -0.330 e. The average Bonchev–Trinajstić information content (AvgIpc) is 2.80. The standard InChI is InChI=1S/C23H27N5O4/c1-16(21-25-20-12-5-4-11-19(20)22(29)26-21)27(14-7-3-2-6-13-24)23(30)17-9-8-10-18(15-17)28(31)32/h4-5,8-12,15-16H,2-3,6-7,13-14,24H2,1H3,(H,25,26,29). The fraction of sp³-hybridized carbons (Fsp3) is 0.348. The predicted molar refractivity (Wildman–Crippen MR) is 122 cm³/mol. The largest absolute Gasteiger partial charge is 0.330 e. The zero-order valence-corrected chi connectivity index (χ0v) is 18.0. The SMILES string of the molecule is CC(c1nc2ccccc2c(=O)[nH]1)N(CCCCCCN)C(=O)c1cccc([N+](=O)[O-])c1. The summed E-state index contributed by atoms with van der Waals surface area (Å²) < 4.78 is 0. The smallest absolute Gasteiger partial charge is 0.270 e. The lowest BCUT2D eigenvalue weighted by Crippen LogP contribution is -2.36. The maximum atomic E-state index is 13.4. The fourth-order valence-electron chi connectivity index (χ4n) is 3.62. The van der Waals surface area contributed by atoms with Crippen LogP contribution in [-0.2, 0) is 0 Å². The number of nitrogens with one attached hydrogen (secondary N) is 1. The molecule has 0 aliphatic heterocycles. The van der Waals surface area contributed by atoms with Gasteiger partial charge in [0.15, 0.2) is 0 Å². The summed E-state index contributed by atoms with van der Waals surface area (Å²) in [4.78, 5) is 45.5. The number of benzene rings is 2. The normalized spacial score (nSPS) is 11.9. The first-order valence-corrected chi connectivity index (χ1v) is 10.7. The first-order chi connectivity index (χ1) is 15.4. The third kappa shape index (κ3) is 5.36. The minimum atomic E-state index is -0.534. The molecule has 1 heterocycles. The molecule has 1 atom stereocenters. The molecule has 0 saturated heterocycles. The van der Waals surface area contributed by atoms with Crippen LogP contribution >= 0.6 is 0 Å². The van der Waals surface area contributed by atoms with E-state index in [1.165, 1.54) is 18.2 Å². The molecule has 2 aromatic carbocycles. The molecule has 3 aromatic rings. The number of para-hydroxylation sites is 1. The van der Waals surface area contributed by atoms with E-state index in [4.69, 9.17) is 5.73 Å². The van der Waals surface area contributed by atoms with Crippen LogP contribution in [0.3, 0.4) is 0 Å². The maximum Gasteiger partial charge on any atom is 0.270 e. The number of nitrogens with two attached hydrogens (primary N) is 1. The first kappa shape index (κ1) is 23.1. The topological polar surface area (TPSA) is 135 Å². The second kappa shape index (κ2) is 10.6. The van der Waals surface area contributed by atoms with Gasteiger partial charge in [0.05, 0.1) is 21.9 Å². The second-order valence-electron chi connectivity index (χ2n) is 7.65. The number of carbonyl (C=O) groups is 1. The third-order valence-corrected chi connectivity index (χ3v) is 5.41. The lowest BCUT2D eigenvalue weighted by atomic mass is 10.1. The number of aromatic nitrogens is 2. The Morgan fingerprint density at radius 2 is 1.91 bits per heavy atom. The average molecular weight is 438 g/mol. The monoisotopic (exact) mass is 437 g/mol. The molecule has 0 bridgehead atoms. The highest BCUT2D eigenvalue weighted by atomic mass is 16.6. The number of nitrogens with zero attached hydrogens (tertiary/aromatic N) is 3. The highest BCUT2D eigenvalue weighted by molar-refractivity contribution is 5.95. The van der Waals surface area contributed by atoms with E-state index < -0.39 is 11.0 Å². The number of H-pyrrole nitrogens is 1. The Bertz CT molecular complexity index is 1160. The molecule has 9 heteroatoms. The number of hydrogen-bond acceptors (Lipinski definition) is 6. The Morgan fingerprint density at radius 1 is 1.16 bits per heavy atom. The maximum absolute atomic E-state index is 13.4. The van der Waals surface area contributed by atoms with Crippen molar-refractivity contribution < 1.29 is 9.72 Å². The van der Waals surface area contributed by atoms with Crippen molar-refractivity contribution in [2.45, 2.75) is 38.6 Å². The van der Waals surface area contributed by atoms with Gasteiger partial charge in [-0.3, -0.25) is 19.7 Å². The number of hydrogen-bond donors (Lipinski definition) is 2. The number of unbranched alkanes of at least 4 members (excludes halogenated alkanes) is 3. The second-order valence-corrected chi connectivity index (χ2v) is 7.65. The van der Waals surface area contributed by atoms with E-state index in [0.717, 1.165) is 25.7 Å². The van der Waals surface area contributed by atoms with Gasteiger partial charge in [0.2, 0.25) is 0 Å². The van der Waals surface area contributed by atoms with Gasteiger partial charge in [0, 0.05) is 24.2 Å². The quantitative estimate of drug-likeness (QED) is 0.283. The summed E-state index contributed by atoms with van der Waals surface area (Å²) in [5.74, 6) is 0.0188. The molecule has 0 saturated carbocycles. The summed E-state index contributed by atoms with van der Waals surface area (Å²) in [5.41, 5.74) is 5.90. The number of non-ortho nitro benzene ring substituents is 1. The van der Waals surface area contributed by atoms with Crippen LogP contribution in [0.5, 0.6) is 0 Å². The van der Waals surface area contributed by atoms with Crippen molar-refractivity contribution in [1.29, 1.82) is 0 Å². The number of fused-ring (bicyclic) bond motifs is 1. The van der Waals surface area contributed by atoms with Crippen molar-refractivity contribution in [3.05, 3.63) is 80.4 Å². The zero-order chi connectivity index (χ0) is 23.1. The molecule has 0 aliphatic carbocycles. The van der Waals surface area contributed by atoms with Gasteiger partial charge in [-0.1, -0.05) is 31.0 Å². The summed E-state index contributed by atoms with van der Waals surface area (Å²) in [6, 6.07) is 12.1. The Morgan fingerprint density at radius 3 is 2.66 bits per heavy atom. The van der Waals surface area contributed by atoms with Gasteiger partial charge >= 0.3 is 0 Å². The van der Waals surface area contributed by atoms with Gasteiger partial charge in [0.1, 0.15) is 5.82 Å². The number of carbonyl (C=O) groups excluding carboxylic acids is 1. The summed E-state index contributed by atoms with van der Waals surface area (Å²) >= 11 is 0. The Labute approximate surface area is 185 Å². The number of nitro groups is 1. The van der Waals surface area contributed by atoms with Crippen molar-refractivity contribution in [3.63, 3.8) is 0 Å². The zero-order valence-electron chi connectivity index (χ0n) is 18.0. The van der Waals surface area contributed by atoms with Crippen LogP contribution in [0.25, 0.3) is 10.9 Å². The summed E-state index contributed by atoms with van der Waals surface area (Å²) in [5, 5.41) is 11.6. The molecule has 9 nitrogen and oxygen atoms in total. The Balaban J connectivity index is 1.93. The van der Waals surface area contributed by atoms with Gasteiger partial charge in [-0.15, -0.1) is 0 Å². The van der Waals surface area contributed by atoms with Gasteiger partial charge in [-0.2, -0.15) is 0 Å². The molecule has 32 heavy (non-hydrogen) atoms. The summed E-state index contributed by atoms with van der Waals surface area (Å²) in [6.07, 6.45) is 3.50. The predicted octanol–water partition coefficient (Wildman–Crippen LogP) is 3.55. The molecule has 1 aromatic heterocycles. The van der Waals surface area contributed by atoms with Crippen LogP contribution in [0.1, 0.15) is 54.8 Å². The van der Waals surface area contributed by atoms with E-state index in [1.54, 1.807) is 42.2 Å². The van der Waals surface area contributed by atoms with E-state index in [0.29, 0.717) is 29.8 Å². The Hall–Kier alpha value is -3.59. The van der Waals surface area contributed by atoms with Crippen LogP contribution in [0.4, 0.5) is 5.69 Å². The molecule has 168 valence electrons. The van der Waals surface area contributed by atoms with Crippen molar-refractivity contribution in [1.82, 2.24) is 14.9 Å². The number of nitro benzene ring substituents is 1. The molecule has 3 N–H and O–H groups in total. The van der Waals surface area contributed by atoms with E-state index in [2.05, 4.69) is 9.97 Å². The molecule has 3 rings (SSSR count). The molecule has 1 amide bonds. The lowest BCUT2D eigenvalue weighted by molar-refractivity contribution is -0.384. The van der Waals surface area contributed by atoms with Crippen LogP contribution in [-0.4, -0.2) is 38.8 Å². The minimum absolute atomic E-state index is 0.149. The highest BCUT2D eigenvalue weighted by Gasteiger charge is 2.25. The van der Waals surface area contributed by atoms with E-state index >= 15 is 0 Å². The number of amides is 1. The number of rotatable bonds is 10. The molecule has 0 aliphatic rings. The van der Waals surface area contributed by atoms with Gasteiger partial charge in [-0.05, 0) is 44.5 Å². The summed E-state index contributed by atoms with van der Waals surface area (Å²) in [6.45, 7) is 2.83. The lowest BCUT2D eigenvalue weighted by Gasteiger charge is -2.29. The molecular weight excluding hydrogens is 410 g/mol. The molecular formula is C23H27N5O4. The fourth-order valence-corrected chi connectivity index (χ4v) is 3.62. The van der Waals surface area contributed by atoms with Gasteiger partial charge in [-0.25, -0.2) is 4.98 Å². The molecule has 0 radical (unpaired) electrons. The van der Waals surface area contributed by atoms with Crippen LogP contribution < -0.4 is 11.3 Å². The number of aromatic amines is 1. The van der Waals surface area contributed by atoms with Crippen molar-refractivity contribution in [2.75, 3.05) is 13.1 Å². The summed E-state index contributed by atoms with van der Waals surface area (Å²) in [7, 11) is 0. The van der Waals surface area contributed by atoms with Crippen molar-refractivity contribution in [2.24, 2.45) is 5.73 Å². The van der Waals surface area contributed by atoms with Crippen molar-refractivity contribution in [3.8, 4) is 0 Å². The Kier molecular flexibility index (Phi) is 7.67. The van der Waals surface area contributed by atoms with Gasteiger partial charge < -0.3 is 15.6 Å². The van der Waals surface area contributed by atoms with Gasteiger partial charge in [0.25, 0.3) is 17.2 Å². The van der Waals surface area contributed by atoms with Crippen LogP contribution in [0.2, 0.25) is 0 Å². The first-order valence-electron chi connectivity index (χ1n) is 10.7. The van der Waals surface area contributed by atoms with E-state index in [-0.39, 0.29) is 22.7 Å². The van der Waals surface area contributed by atoms with E-state index in [9.17, 15) is 19.7 Å². The molecule has 1 unspecified atom stereocenters. The van der Waals surface area contributed by atoms with Crippen LogP contribution in [0.15, 0.2) is 53.3 Å². The van der Waals surface area contributed by atoms with Crippen molar-refractivity contribution >= 4 is 22.5 Å². The highest BCUT2D eigenvalue weighted by Crippen LogP contribution is 2.23. The molecule has 0 spiro atoms. The van der Waals surface area contributed by atoms with E-state index in [1.807, 2.05) is 0 Å². The molecule has 0 fully saturated rings. The van der Waals surface area contributed by atoms with Crippen LogP contribution in [0, 0.1) is 10.1 Å².